The minimum absolute atomic E-state index is 0.0962. The zero-order valence-electron chi connectivity index (χ0n) is 12.4. The molecule has 112 valence electrons. The Labute approximate surface area is 125 Å². The Morgan fingerprint density at radius 2 is 1.76 bits per heavy atom. The molecule has 0 aliphatic heterocycles. The van der Waals surface area contributed by atoms with Crippen molar-refractivity contribution in [2.24, 2.45) is 0 Å². The van der Waals surface area contributed by atoms with Crippen LogP contribution in [0.2, 0.25) is 0 Å². The summed E-state index contributed by atoms with van der Waals surface area (Å²) in [6.45, 7) is 6.83. The van der Waals surface area contributed by atoms with Gasteiger partial charge in [0.2, 0.25) is 0 Å². The molecule has 0 heterocycles. The van der Waals surface area contributed by atoms with E-state index in [-0.39, 0.29) is 31.1 Å². The Morgan fingerprint density at radius 1 is 1.14 bits per heavy atom. The lowest BCUT2D eigenvalue weighted by Crippen LogP contribution is -2.11. The van der Waals surface area contributed by atoms with Crippen LogP contribution in [-0.4, -0.2) is 25.2 Å². The fraction of sp³-hybridized carbons (Fsp3) is 0.294. The van der Waals surface area contributed by atoms with E-state index in [1.54, 1.807) is 12.2 Å². The third-order valence-electron chi connectivity index (χ3n) is 2.87. The summed E-state index contributed by atoms with van der Waals surface area (Å²) in [6, 6.07) is 9.74. The minimum Gasteiger partial charge on any atom is -0.462 e. The summed E-state index contributed by atoms with van der Waals surface area (Å²) in [5, 5.41) is 0. The van der Waals surface area contributed by atoms with Crippen molar-refractivity contribution in [3.8, 4) is 0 Å². The zero-order chi connectivity index (χ0) is 15.7. The van der Waals surface area contributed by atoms with Gasteiger partial charge in [-0.3, -0.25) is 9.59 Å². The van der Waals surface area contributed by atoms with Gasteiger partial charge in [0.15, 0.2) is 0 Å². The van der Waals surface area contributed by atoms with Gasteiger partial charge in [0.05, 0.1) is 0 Å². The van der Waals surface area contributed by atoms with Crippen LogP contribution in [0.5, 0.6) is 0 Å². The molecule has 1 aromatic carbocycles. The Bertz CT molecular complexity index is 517. The van der Waals surface area contributed by atoms with Gasteiger partial charge < -0.3 is 9.47 Å². The van der Waals surface area contributed by atoms with E-state index in [0.29, 0.717) is 0 Å². The molecular weight excluding hydrogens is 268 g/mol. The Hall–Kier alpha value is -2.36. The van der Waals surface area contributed by atoms with E-state index < -0.39 is 0 Å². The highest BCUT2D eigenvalue weighted by atomic mass is 16.5. The van der Waals surface area contributed by atoms with Crippen LogP contribution in [0.15, 0.2) is 54.6 Å². The fourth-order valence-corrected chi connectivity index (χ4v) is 1.89. The summed E-state index contributed by atoms with van der Waals surface area (Å²) in [5.74, 6) is -0.807. The van der Waals surface area contributed by atoms with Gasteiger partial charge >= 0.3 is 11.9 Å². The van der Waals surface area contributed by atoms with Gasteiger partial charge in [0.1, 0.15) is 13.2 Å². The molecule has 0 saturated heterocycles. The molecule has 0 aromatic heterocycles. The van der Waals surface area contributed by atoms with Crippen molar-refractivity contribution in [2.45, 2.75) is 19.8 Å². The fourth-order valence-electron chi connectivity index (χ4n) is 1.89. The molecule has 1 unspecified atom stereocenters. The van der Waals surface area contributed by atoms with Crippen molar-refractivity contribution in [1.29, 1.82) is 0 Å². The molecule has 1 rings (SSSR count). The standard InChI is InChI=1S/C17H20O4/c1-4-17(15-8-6-5-7-9-15)16(12-21-14(3)19)10-11-20-13(2)18/h4-10,17H,1,11-12H2,2-3H3/b16-10+. The molecule has 4 heteroatoms. The summed E-state index contributed by atoms with van der Waals surface area (Å²) in [6.07, 6.45) is 3.53. The Balaban J connectivity index is 2.93. The average Bonchev–Trinajstić information content (AvgIpc) is 2.45. The SMILES string of the molecule is C=CC(/C(=C/COC(C)=O)COC(C)=O)c1ccccc1. The van der Waals surface area contributed by atoms with Crippen LogP contribution in [0.1, 0.15) is 25.3 Å². The van der Waals surface area contributed by atoms with Crippen LogP contribution < -0.4 is 0 Å². The molecule has 4 nitrogen and oxygen atoms in total. The normalized spacial score (nSPS) is 12.4. The highest BCUT2D eigenvalue weighted by Crippen LogP contribution is 2.25. The first-order chi connectivity index (χ1) is 10.0. The Morgan fingerprint density at radius 3 is 2.29 bits per heavy atom. The zero-order valence-corrected chi connectivity index (χ0v) is 12.4. The summed E-state index contributed by atoms with van der Waals surface area (Å²) >= 11 is 0. The third kappa shape index (κ3) is 6.08. The summed E-state index contributed by atoms with van der Waals surface area (Å²) < 4.78 is 9.99. The molecule has 0 fully saturated rings. The van der Waals surface area contributed by atoms with Gasteiger partial charge in [-0.2, -0.15) is 0 Å². The van der Waals surface area contributed by atoms with E-state index in [2.05, 4.69) is 6.58 Å². The minimum atomic E-state index is -0.357. The van der Waals surface area contributed by atoms with Gasteiger partial charge in [-0.15, -0.1) is 6.58 Å². The number of hydrogen-bond donors (Lipinski definition) is 0. The maximum atomic E-state index is 11.0. The predicted octanol–water partition coefficient (Wildman–Crippen LogP) is 3.01. The molecule has 0 N–H and O–H groups in total. The number of rotatable bonds is 7. The third-order valence-corrected chi connectivity index (χ3v) is 2.87. The van der Waals surface area contributed by atoms with Gasteiger partial charge in [-0.05, 0) is 17.2 Å². The van der Waals surface area contributed by atoms with E-state index in [1.807, 2.05) is 30.3 Å². The van der Waals surface area contributed by atoms with Crippen LogP contribution in [0, 0.1) is 0 Å². The second kappa shape index (κ2) is 8.74. The topological polar surface area (TPSA) is 52.6 Å². The van der Waals surface area contributed by atoms with E-state index in [0.717, 1.165) is 11.1 Å². The van der Waals surface area contributed by atoms with E-state index in [1.165, 1.54) is 13.8 Å². The predicted molar refractivity (Wildman–Crippen MR) is 80.7 cm³/mol. The lowest BCUT2D eigenvalue weighted by molar-refractivity contribution is -0.141. The number of ether oxygens (including phenoxy) is 2. The molecule has 0 radical (unpaired) electrons. The molecule has 21 heavy (non-hydrogen) atoms. The van der Waals surface area contributed by atoms with Crippen LogP contribution in [0.25, 0.3) is 0 Å². The van der Waals surface area contributed by atoms with Gasteiger partial charge in [0, 0.05) is 19.8 Å². The average molecular weight is 288 g/mol. The second-order valence-corrected chi connectivity index (χ2v) is 4.49. The molecule has 0 spiro atoms. The molecule has 0 aliphatic carbocycles. The number of benzene rings is 1. The smallest absolute Gasteiger partial charge is 0.302 e. The maximum absolute atomic E-state index is 11.0. The van der Waals surface area contributed by atoms with Crippen molar-refractivity contribution in [3.63, 3.8) is 0 Å². The van der Waals surface area contributed by atoms with Gasteiger partial charge in [0.25, 0.3) is 0 Å². The summed E-state index contributed by atoms with van der Waals surface area (Å²) in [7, 11) is 0. The second-order valence-electron chi connectivity index (χ2n) is 4.49. The van der Waals surface area contributed by atoms with Crippen molar-refractivity contribution in [2.75, 3.05) is 13.2 Å². The number of allylic oxidation sites excluding steroid dienone is 1. The van der Waals surface area contributed by atoms with Crippen molar-refractivity contribution in [3.05, 3.63) is 60.2 Å². The van der Waals surface area contributed by atoms with Gasteiger partial charge in [-0.1, -0.05) is 36.4 Å². The van der Waals surface area contributed by atoms with Gasteiger partial charge in [-0.25, -0.2) is 0 Å². The van der Waals surface area contributed by atoms with Crippen LogP contribution in [0.4, 0.5) is 0 Å². The van der Waals surface area contributed by atoms with Crippen LogP contribution in [-0.2, 0) is 19.1 Å². The van der Waals surface area contributed by atoms with Crippen LogP contribution in [0.3, 0.4) is 0 Å². The molecule has 0 saturated carbocycles. The van der Waals surface area contributed by atoms with E-state index >= 15 is 0 Å². The highest BCUT2D eigenvalue weighted by molar-refractivity contribution is 5.66. The molecule has 1 atom stereocenters. The first-order valence-electron chi connectivity index (χ1n) is 6.67. The van der Waals surface area contributed by atoms with Crippen molar-refractivity contribution >= 4 is 11.9 Å². The monoisotopic (exact) mass is 288 g/mol. The van der Waals surface area contributed by atoms with Crippen molar-refractivity contribution < 1.29 is 19.1 Å². The molecule has 0 aliphatic rings. The van der Waals surface area contributed by atoms with E-state index in [9.17, 15) is 9.59 Å². The molecule has 1 aromatic rings. The van der Waals surface area contributed by atoms with Crippen molar-refractivity contribution in [1.82, 2.24) is 0 Å². The Kier molecular flexibility index (Phi) is 6.95. The first kappa shape index (κ1) is 16.7. The first-order valence-corrected chi connectivity index (χ1v) is 6.67. The lowest BCUT2D eigenvalue weighted by Gasteiger charge is -2.17. The van der Waals surface area contributed by atoms with E-state index in [4.69, 9.17) is 9.47 Å². The van der Waals surface area contributed by atoms with Crippen LogP contribution >= 0.6 is 0 Å². The summed E-state index contributed by atoms with van der Waals surface area (Å²) in [5.41, 5.74) is 1.86. The molecular formula is C17H20O4. The molecule has 0 amide bonds. The number of hydrogen-bond acceptors (Lipinski definition) is 4. The summed E-state index contributed by atoms with van der Waals surface area (Å²) in [4.78, 5) is 21.9. The quantitative estimate of drug-likeness (QED) is 0.571. The number of esters is 2. The maximum Gasteiger partial charge on any atom is 0.302 e. The largest absolute Gasteiger partial charge is 0.462 e. The number of carbonyl (C=O) groups is 2. The molecule has 0 bridgehead atoms. The number of carbonyl (C=O) groups excluding carboxylic acids is 2. The highest BCUT2D eigenvalue weighted by Gasteiger charge is 2.14. The lowest BCUT2D eigenvalue weighted by atomic mass is 9.91.